The van der Waals surface area contributed by atoms with Crippen molar-refractivity contribution in [3.8, 4) is 11.5 Å². The van der Waals surface area contributed by atoms with Gasteiger partial charge in [0, 0.05) is 22.9 Å². The van der Waals surface area contributed by atoms with E-state index < -0.39 is 0 Å². The van der Waals surface area contributed by atoms with E-state index in [2.05, 4.69) is 74.5 Å². The third-order valence-electron chi connectivity index (χ3n) is 5.90. The Bertz CT molecular complexity index is 1110. The molecule has 0 N–H and O–H groups in total. The van der Waals surface area contributed by atoms with Crippen LogP contribution in [0.25, 0.3) is 0 Å². The summed E-state index contributed by atoms with van der Waals surface area (Å²) in [5, 5.41) is 1.50. The predicted octanol–water partition coefficient (Wildman–Crippen LogP) is 9.09. The van der Waals surface area contributed by atoms with Crippen molar-refractivity contribution in [2.75, 3.05) is 0 Å². The zero-order valence-electron chi connectivity index (χ0n) is 19.1. The summed E-state index contributed by atoms with van der Waals surface area (Å²) in [4.78, 5) is 0. The first-order valence-electron chi connectivity index (χ1n) is 11.4. The lowest BCUT2D eigenvalue weighted by Gasteiger charge is -2.17. The summed E-state index contributed by atoms with van der Waals surface area (Å²) in [7, 11) is 0. The van der Waals surface area contributed by atoms with Gasteiger partial charge in [0.1, 0.15) is 11.5 Å². The average Bonchev–Trinajstić information content (AvgIpc) is 2.84. The SMILES string of the molecule is CCc1ccc(Oc2ccc(CC)cc2Cc2ccc(Cl)cc2)c(Cc2ccc(Cl)cc2)c1. The lowest BCUT2D eigenvalue weighted by molar-refractivity contribution is 0.472. The minimum atomic E-state index is 0.750. The molecule has 4 aromatic rings. The second kappa shape index (κ2) is 10.9. The predicted molar refractivity (Wildman–Crippen MR) is 140 cm³/mol. The van der Waals surface area contributed by atoms with Gasteiger partial charge in [0.15, 0.2) is 0 Å². The van der Waals surface area contributed by atoms with Crippen LogP contribution in [-0.4, -0.2) is 0 Å². The van der Waals surface area contributed by atoms with E-state index in [1.165, 1.54) is 33.4 Å². The topological polar surface area (TPSA) is 9.23 Å². The van der Waals surface area contributed by atoms with E-state index in [1.54, 1.807) is 0 Å². The first-order valence-corrected chi connectivity index (χ1v) is 12.2. The zero-order chi connectivity index (χ0) is 23.2. The smallest absolute Gasteiger partial charge is 0.130 e. The molecule has 0 aliphatic carbocycles. The van der Waals surface area contributed by atoms with Crippen molar-refractivity contribution in [3.63, 3.8) is 0 Å². The molecule has 0 aliphatic rings. The second-order valence-corrected chi connectivity index (χ2v) is 9.17. The molecule has 0 radical (unpaired) electrons. The van der Waals surface area contributed by atoms with E-state index in [-0.39, 0.29) is 0 Å². The van der Waals surface area contributed by atoms with E-state index in [1.807, 2.05) is 24.3 Å². The molecule has 0 saturated carbocycles. The molecule has 1 nitrogen and oxygen atoms in total. The average molecular weight is 475 g/mol. The first-order chi connectivity index (χ1) is 16.0. The molecule has 0 amide bonds. The van der Waals surface area contributed by atoms with Crippen molar-refractivity contribution in [2.45, 2.75) is 39.5 Å². The highest BCUT2D eigenvalue weighted by Gasteiger charge is 2.12. The molecular weight excluding hydrogens is 447 g/mol. The Balaban J connectivity index is 1.67. The van der Waals surface area contributed by atoms with Crippen molar-refractivity contribution in [1.82, 2.24) is 0 Å². The molecule has 0 heterocycles. The molecule has 3 heteroatoms. The monoisotopic (exact) mass is 474 g/mol. The number of halogens is 2. The number of hydrogen-bond donors (Lipinski definition) is 0. The number of rotatable bonds is 8. The Morgan fingerprint density at radius 2 is 0.879 bits per heavy atom. The molecule has 0 aliphatic heterocycles. The minimum Gasteiger partial charge on any atom is -0.457 e. The van der Waals surface area contributed by atoms with Crippen LogP contribution in [0.2, 0.25) is 10.0 Å². The molecule has 33 heavy (non-hydrogen) atoms. The third kappa shape index (κ3) is 6.19. The van der Waals surface area contributed by atoms with Gasteiger partial charge in [0.25, 0.3) is 0 Å². The van der Waals surface area contributed by atoms with Crippen LogP contribution >= 0.6 is 23.2 Å². The Hall–Kier alpha value is -2.74. The molecule has 0 fully saturated rings. The maximum absolute atomic E-state index is 6.58. The van der Waals surface area contributed by atoms with Crippen molar-refractivity contribution >= 4 is 23.2 Å². The largest absolute Gasteiger partial charge is 0.457 e. The van der Waals surface area contributed by atoms with Crippen LogP contribution in [0.3, 0.4) is 0 Å². The highest BCUT2D eigenvalue weighted by molar-refractivity contribution is 6.30. The maximum Gasteiger partial charge on any atom is 0.130 e. The molecule has 168 valence electrons. The van der Waals surface area contributed by atoms with Gasteiger partial charge in [-0.1, -0.05) is 85.6 Å². The number of hydrogen-bond acceptors (Lipinski definition) is 1. The second-order valence-electron chi connectivity index (χ2n) is 8.30. The quantitative estimate of drug-likeness (QED) is 0.247. The summed E-state index contributed by atoms with van der Waals surface area (Å²) < 4.78 is 6.58. The molecule has 0 aromatic heterocycles. The van der Waals surface area contributed by atoms with E-state index in [0.717, 1.165) is 47.2 Å². The van der Waals surface area contributed by atoms with E-state index in [0.29, 0.717) is 0 Å². The van der Waals surface area contributed by atoms with E-state index >= 15 is 0 Å². The van der Waals surface area contributed by atoms with Crippen molar-refractivity contribution in [3.05, 3.63) is 128 Å². The van der Waals surface area contributed by atoms with Crippen LogP contribution in [0.5, 0.6) is 11.5 Å². The minimum absolute atomic E-state index is 0.750. The molecule has 0 spiro atoms. The highest BCUT2D eigenvalue weighted by Crippen LogP contribution is 2.33. The fourth-order valence-electron chi connectivity index (χ4n) is 3.94. The van der Waals surface area contributed by atoms with Crippen molar-refractivity contribution in [2.24, 2.45) is 0 Å². The Morgan fingerprint density at radius 1 is 0.515 bits per heavy atom. The van der Waals surface area contributed by atoms with Gasteiger partial charge < -0.3 is 4.74 Å². The summed E-state index contributed by atoms with van der Waals surface area (Å²) in [6.45, 7) is 4.35. The fraction of sp³-hybridized carbons (Fsp3) is 0.200. The highest BCUT2D eigenvalue weighted by atomic mass is 35.5. The summed E-state index contributed by atoms with van der Waals surface area (Å²) in [5.41, 5.74) is 7.37. The van der Waals surface area contributed by atoms with Crippen LogP contribution in [0.15, 0.2) is 84.9 Å². The van der Waals surface area contributed by atoms with Gasteiger partial charge >= 0.3 is 0 Å². The molecule has 4 aromatic carbocycles. The summed E-state index contributed by atoms with van der Waals surface area (Å²) in [5.74, 6) is 1.78. The Morgan fingerprint density at radius 3 is 1.24 bits per heavy atom. The summed E-state index contributed by atoms with van der Waals surface area (Å²) in [6, 6.07) is 29.1. The van der Waals surface area contributed by atoms with E-state index in [4.69, 9.17) is 27.9 Å². The van der Waals surface area contributed by atoms with Crippen LogP contribution in [0.1, 0.15) is 47.2 Å². The van der Waals surface area contributed by atoms with Gasteiger partial charge in [-0.2, -0.15) is 0 Å². The van der Waals surface area contributed by atoms with Crippen LogP contribution in [0.4, 0.5) is 0 Å². The lowest BCUT2D eigenvalue weighted by Crippen LogP contribution is -1.99. The molecule has 0 bridgehead atoms. The van der Waals surface area contributed by atoms with E-state index in [9.17, 15) is 0 Å². The Labute approximate surface area is 207 Å². The zero-order valence-corrected chi connectivity index (χ0v) is 20.6. The van der Waals surface area contributed by atoms with Gasteiger partial charge in [-0.3, -0.25) is 0 Å². The molecule has 0 atom stereocenters. The van der Waals surface area contributed by atoms with Crippen LogP contribution < -0.4 is 4.74 Å². The van der Waals surface area contributed by atoms with Crippen LogP contribution in [-0.2, 0) is 25.7 Å². The van der Waals surface area contributed by atoms with Gasteiger partial charge in [0.2, 0.25) is 0 Å². The molecule has 0 saturated heterocycles. The van der Waals surface area contributed by atoms with Crippen molar-refractivity contribution in [1.29, 1.82) is 0 Å². The third-order valence-corrected chi connectivity index (χ3v) is 6.41. The van der Waals surface area contributed by atoms with Crippen molar-refractivity contribution < 1.29 is 4.74 Å². The van der Waals surface area contributed by atoms with Gasteiger partial charge in [-0.15, -0.1) is 0 Å². The standard InChI is InChI=1S/C30H28Cl2O/c1-3-21-9-15-29(25(17-21)19-23-5-11-27(31)12-6-23)33-30-16-10-22(4-2)18-26(30)20-24-7-13-28(32)14-8-24/h5-18H,3-4,19-20H2,1-2H3. The summed E-state index contributed by atoms with van der Waals surface area (Å²) >= 11 is 12.2. The summed E-state index contributed by atoms with van der Waals surface area (Å²) in [6.07, 6.45) is 3.56. The number of ether oxygens (including phenoxy) is 1. The van der Waals surface area contributed by atoms with Gasteiger partial charge in [-0.25, -0.2) is 0 Å². The molecular formula is C30H28Cl2O. The normalized spacial score (nSPS) is 10.9. The maximum atomic E-state index is 6.58. The Kier molecular flexibility index (Phi) is 7.75. The van der Waals surface area contributed by atoms with Crippen LogP contribution in [0, 0.1) is 0 Å². The fourth-order valence-corrected chi connectivity index (χ4v) is 4.20. The first kappa shape index (κ1) is 23.4. The van der Waals surface area contributed by atoms with Gasteiger partial charge in [0.05, 0.1) is 0 Å². The van der Waals surface area contributed by atoms with Gasteiger partial charge in [-0.05, 0) is 82.6 Å². The molecule has 4 rings (SSSR count). The number of aryl methyl sites for hydroxylation is 2. The molecule has 0 unspecified atom stereocenters. The number of benzene rings is 4. The lowest BCUT2D eigenvalue weighted by atomic mass is 9.99.